The normalized spacial score (nSPS) is 10.0. The molecule has 0 aliphatic rings. The summed E-state index contributed by atoms with van der Waals surface area (Å²) >= 11 is 5.57. The van der Waals surface area contributed by atoms with Crippen LogP contribution in [0, 0.1) is 10.1 Å². The van der Waals surface area contributed by atoms with Gasteiger partial charge < -0.3 is 10.8 Å². The predicted molar refractivity (Wildman–Crippen MR) is 48.4 cm³/mol. The molecule has 0 aliphatic carbocycles. The van der Waals surface area contributed by atoms with Crippen molar-refractivity contribution in [3.05, 3.63) is 32.8 Å². The van der Waals surface area contributed by atoms with Gasteiger partial charge in [0.15, 0.2) is 0 Å². The number of nitrogen functional groups attached to an aromatic ring is 1. The lowest BCUT2D eigenvalue weighted by Gasteiger charge is -2.02. The third-order valence-corrected chi connectivity index (χ3v) is 1.88. The van der Waals surface area contributed by atoms with Crippen LogP contribution in [0.25, 0.3) is 0 Å². The van der Waals surface area contributed by atoms with Crippen LogP contribution in [0.1, 0.15) is 5.56 Å². The fourth-order valence-electron chi connectivity index (χ4n) is 0.896. The minimum Gasteiger partial charge on any atom is -0.398 e. The number of halogens is 1. The van der Waals surface area contributed by atoms with Crippen molar-refractivity contribution in [3.63, 3.8) is 0 Å². The average Bonchev–Trinajstić information content (AvgIpc) is 2.07. The molecule has 0 radical (unpaired) electrons. The Morgan fingerprint density at radius 1 is 1.62 bits per heavy atom. The van der Waals surface area contributed by atoms with Gasteiger partial charge >= 0.3 is 0 Å². The lowest BCUT2D eigenvalue weighted by molar-refractivity contribution is -0.384. The van der Waals surface area contributed by atoms with Crippen LogP contribution in [-0.2, 0) is 6.61 Å². The fourth-order valence-corrected chi connectivity index (χ4v) is 1.15. The first-order valence-corrected chi connectivity index (χ1v) is 3.77. The van der Waals surface area contributed by atoms with Crippen molar-refractivity contribution >= 4 is 23.0 Å². The highest BCUT2D eigenvalue weighted by Gasteiger charge is 2.14. The fraction of sp³-hybridized carbons (Fsp3) is 0.143. The monoisotopic (exact) mass is 202 g/mol. The molecule has 0 aliphatic heterocycles. The van der Waals surface area contributed by atoms with Crippen molar-refractivity contribution < 1.29 is 10.0 Å². The van der Waals surface area contributed by atoms with Gasteiger partial charge in [-0.25, -0.2) is 0 Å². The van der Waals surface area contributed by atoms with Crippen molar-refractivity contribution in [3.8, 4) is 0 Å². The van der Waals surface area contributed by atoms with E-state index < -0.39 is 4.92 Å². The molecule has 13 heavy (non-hydrogen) atoms. The Morgan fingerprint density at radius 3 is 2.69 bits per heavy atom. The van der Waals surface area contributed by atoms with Crippen LogP contribution in [0.5, 0.6) is 0 Å². The average molecular weight is 203 g/mol. The van der Waals surface area contributed by atoms with Gasteiger partial charge in [0.2, 0.25) is 0 Å². The maximum absolute atomic E-state index is 10.4. The number of aliphatic hydroxyl groups excluding tert-OH is 1. The first kappa shape index (κ1) is 9.76. The van der Waals surface area contributed by atoms with Crippen LogP contribution < -0.4 is 5.73 Å². The summed E-state index contributed by atoms with van der Waals surface area (Å²) in [5.74, 6) is 0. The molecular formula is C7H7ClN2O3. The first-order chi connectivity index (χ1) is 6.06. The van der Waals surface area contributed by atoms with E-state index in [-0.39, 0.29) is 23.0 Å². The van der Waals surface area contributed by atoms with E-state index in [0.717, 1.165) is 6.07 Å². The first-order valence-electron chi connectivity index (χ1n) is 3.39. The Balaban J connectivity index is 3.28. The van der Waals surface area contributed by atoms with Gasteiger partial charge in [-0.15, -0.1) is 0 Å². The molecule has 5 nitrogen and oxygen atoms in total. The predicted octanol–water partition coefficient (Wildman–Crippen LogP) is 1.32. The Labute approximate surface area is 78.9 Å². The second kappa shape index (κ2) is 3.59. The van der Waals surface area contributed by atoms with E-state index in [4.69, 9.17) is 22.4 Å². The Hall–Kier alpha value is -1.33. The summed E-state index contributed by atoms with van der Waals surface area (Å²) in [5, 5.41) is 19.1. The molecule has 0 aromatic heterocycles. The van der Waals surface area contributed by atoms with Crippen molar-refractivity contribution in [1.29, 1.82) is 0 Å². The zero-order valence-electron chi connectivity index (χ0n) is 6.53. The zero-order chi connectivity index (χ0) is 10.0. The van der Waals surface area contributed by atoms with Crippen LogP contribution in [0.3, 0.4) is 0 Å². The van der Waals surface area contributed by atoms with Gasteiger partial charge in [-0.2, -0.15) is 0 Å². The number of hydrogen-bond acceptors (Lipinski definition) is 4. The third-order valence-electron chi connectivity index (χ3n) is 1.58. The van der Waals surface area contributed by atoms with E-state index in [9.17, 15) is 10.1 Å². The van der Waals surface area contributed by atoms with E-state index in [1.54, 1.807) is 0 Å². The molecule has 0 heterocycles. The van der Waals surface area contributed by atoms with Crippen LogP contribution in [-0.4, -0.2) is 10.0 Å². The molecule has 6 heteroatoms. The highest BCUT2D eigenvalue weighted by molar-refractivity contribution is 6.32. The Kier molecular flexibility index (Phi) is 2.69. The molecular weight excluding hydrogens is 196 g/mol. The van der Waals surface area contributed by atoms with Gasteiger partial charge in [-0.1, -0.05) is 11.6 Å². The number of hydrogen-bond donors (Lipinski definition) is 2. The van der Waals surface area contributed by atoms with Crippen LogP contribution in [0.15, 0.2) is 12.1 Å². The molecule has 0 spiro atoms. The maximum Gasteiger partial charge on any atom is 0.289 e. The molecule has 70 valence electrons. The molecule has 1 aromatic carbocycles. The number of nitrogens with two attached hydrogens (primary N) is 1. The van der Waals surface area contributed by atoms with E-state index in [2.05, 4.69) is 0 Å². The molecule has 0 amide bonds. The maximum atomic E-state index is 10.4. The van der Waals surface area contributed by atoms with Crippen molar-refractivity contribution in [1.82, 2.24) is 0 Å². The van der Waals surface area contributed by atoms with Crippen molar-refractivity contribution in [2.75, 3.05) is 5.73 Å². The lowest BCUT2D eigenvalue weighted by atomic mass is 10.2. The number of rotatable bonds is 2. The molecule has 0 bridgehead atoms. The summed E-state index contributed by atoms with van der Waals surface area (Å²) in [4.78, 5) is 9.75. The van der Waals surface area contributed by atoms with Gasteiger partial charge in [0.1, 0.15) is 5.02 Å². The second-order valence-corrected chi connectivity index (χ2v) is 2.82. The van der Waals surface area contributed by atoms with Crippen molar-refractivity contribution in [2.45, 2.75) is 6.61 Å². The van der Waals surface area contributed by atoms with Crippen LogP contribution in [0.2, 0.25) is 5.02 Å². The molecule has 0 saturated heterocycles. The molecule has 0 fully saturated rings. The van der Waals surface area contributed by atoms with Gasteiger partial charge in [-0.05, 0) is 6.07 Å². The summed E-state index contributed by atoms with van der Waals surface area (Å²) in [7, 11) is 0. The van der Waals surface area contributed by atoms with Gasteiger partial charge in [-0.3, -0.25) is 10.1 Å². The smallest absolute Gasteiger partial charge is 0.289 e. The van der Waals surface area contributed by atoms with Gasteiger partial charge in [0, 0.05) is 17.3 Å². The lowest BCUT2D eigenvalue weighted by Crippen LogP contribution is -1.97. The summed E-state index contributed by atoms with van der Waals surface area (Å²) in [5.41, 5.74) is 5.71. The molecule has 3 N–H and O–H groups in total. The molecule has 0 saturated carbocycles. The van der Waals surface area contributed by atoms with E-state index in [0.29, 0.717) is 5.56 Å². The summed E-state index contributed by atoms with van der Waals surface area (Å²) in [6, 6.07) is 2.42. The highest BCUT2D eigenvalue weighted by atomic mass is 35.5. The highest BCUT2D eigenvalue weighted by Crippen LogP contribution is 2.29. The summed E-state index contributed by atoms with van der Waals surface area (Å²) in [6.07, 6.45) is 0. The van der Waals surface area contributed by atoms with Crippen LogP contribution >= 0.6 is 11.6 Å². The summed E-state index contributed by atoms with van der Waals surface area (Å²) < 4.78 is 0. The number of benzene rings is 1. The largest absolute Gasteiger partial charge is 0.398 e. The Morgan fingerprint density at radius 2 is 2.23 bits per heavy atom. The molecule has 1 aromatic rings. The van der Waals surface area contributed by atoms with E-state index in [1.165, 1.54) is 6.07 Å². The molecule has 0 unspecified atom stereocenters. The van der Waals surface area contributed by atoms with Crippen LogP contribution in [0.4, 0.5) is 11.4 Å². The minimum absolute atomic E-state index is 0.0248. The number of anilines is 1. The molecule has 1 rings (SSSR count). The number of aliphatic hydroxyl groups is 1. The topological polar surface area (TPSA) is 89.4 Å². The quantitative estimate of drug-likeness (QED) is 0.430. The second-order valence-electron chi connectivity index (χ2n) is 2.42. The zero-order valence-corrected chi connectivity index (χ0v) is 7.28. The number of nitrogens with zero attached hydrogens (tertiary/aromatic N) is 1. The number of nitro groups is 1. The SMILES string of the molecule is Nc1cc([N+](=O)[O-])c(Cl)cc1CO. The van der Waals surface area contributed by atoms with E-state index >= 15 is 0 Å². The van der Waals surface area contributed by atoms with Crippen molar-refractivity contribution in [2.24, 2.45) is 0 Å². The van der Waals surface area contributed by atoms with Gasteiger partial charge in [0.05, 0.1) is 11.5 Å². The van der Waals surface area contributed by atoms with E-state index in [1.807, 2.05) is 0 Å². The third kappa shape index (κ3) is 1.88. The molecule has 0 atom stereocenters. The summed E-state index contributed by atoms with van der Waals surface area (Å²) in [6.45, 7) is -0.288. The van der Waals surface area contributed by atoms with Gasteiger partial charge in [0.25, 0.3) is 5.69 Å². The Bertz CT molecular complexity index is 354. The minimum atomic E-state index is -0.625. The number of nitro benzene ring substituents is 1. The standard InChI is InChI=1S/C7H7ClN2O3/c8-5-1-4(3-11)6(9)2-7(5)10(12)13/h1-2,11H,3,9H2.